The molecule has 1 fully saturated rings. The summed E-state index contributed by atoms with van der Waals surface area (Å²) in [5.74, 6) is 0.451. The Labute approximate surface area is 170 Å². The molecule has 0 aromatic carbocycles. The third kappa shape index (κ3) is 3.79. The highest BCUT2D eigenvalue weighted by molar-refractivity contribution is 5.57. The summed E-state index contributed by atoms with van der Waals surface area (Å²) in [7, 11) is 0. The summed E-state index contributed by atoms with van der Waals surface area (Å²) in [4.78, 5) is 30.0. The van der Waals surface area contributed by atoms with Crippen molar-refractivity contribution in [1.29, 1.82) is 0 Å². The van der Waals surface area contributed by atoms with E-state index in [9.17, 15) is 9.90 Å². The van der Waals surface area contributed by atoms with Gasteiger partial charge >= 0.3 is 5.69 Å². The molecule has 0 unspecified atom stereocenters. The van der Waals surface area contributed by atoms with Crippen molar-refractivity contribution < 1.29 is 5.11 Å². The molecule has 0 atom stereocenters. The van der Waals surface area contributed by atoms with Gasteiger partial charge in [0.15, 0.2) is 11.1 Å². The molecule has 4 heterocycles. The maximum atomic E-state index is 11.4. The van der Waals surface area contributed by atoms with Crippen LogP contribution in [0.15, 0.2) is 46.4 Å². The van der Waals surface area contributed by atoms with Gasteiger partial charge in [-0.05, 0) is 31.1 Å². The van der Waals surface area contributed by atoms with Crippen molar-refractivity contribution in [3.05, 3.63) is 69.2 Å². The van der Waals surface area contributed by atoms with E-state index in [2.05, 4.69) is 30.4 Å². The summed E-state index contributed by atoms with van der Waals surface area (Å²) in [6.07, 6.45) is 7.95. The first-order valence-corrected chi connectivity index (χ1v) is 9.75. The third-order valence-corrected chi connectivity index (χ3v) is 4.79. The van der Waals surface area contributed by atoms with Crippen LogP contribution in [0.4, 0.5) is 5.82 Å². The number of nitrogens with zero attached hydrogens (tertiary/aromatic N) is 5. The largest absolute Gasteiger partial charge is 0.493 e. The van der Waals surface area contributed by atoms with Crippen LogP contribution in [0.2, 0.25) is 0 Å². The van der Waals surface area contributed by atoms with Crippen LogP contribution in [0.5, 0.6) is 5.88 Å². The Kier molecular flexibility index (Phi) is 4.51. The lowest BCUT2D eigenvalue weighted by Crippen LogP contribution is -2.21. The average molecular weight is 404 g/mol. The zero-order chi connectivity index (χ0) is 20.5. The second-order valence-corrected chi connectivity index (χ2v) is 7.18. The first-order chi connectivity index (χ1) is 14.7. The Balaban J connectivity index is 1.53. The van der Waals surface area contributed by atoms with Gasteiger partial charge in [0.1, 0.15) is 11.5 Å². The highest BCUT2D eigenvalue weighted by Crippen LogP contribution is 2.22. The van der Waals surface area contributed by atoms with Crippen LogP contribution < -0.4 is 21.7 Å². The fourth-order valence-corrected chi connectivity index (χ4v) is 3.15. The number of hydrogen-bond donors (Lipinski definition) is 4. The number of hydrogen-bond acceptors (Lipinski definition) is 7. The molecule has 0 saturated heterocycles. The van der Waals surface area contributed by atoms with Crippen LogP contribution in [0, 0.1) is 0 Å². The van der Waals surface area contributed by atoms with Gasteiger partial charge in [0.2, 0.25) is 5.88 Å². The second-order valence-electron chi connectivity index (χ2n) is 7.18. The fourth-order valence-electron chi connectivity index (χ4n) is 3.15. The van der Waals surface area contributed by atoms with E-state index in [-0.39, 0.29) is 11.6 Å². The molecule has 10 nitrogen and oxygen atoms in total. The maximum Gasteiger partial charge on any atom is 0.326 e. The number of nitrogens with one attached hydrogen (secondary N) is 3. The highest BCUT2D eigenvalue weighted by atomic mass is 16.3. The quantitative estimate of drug-likeness (QED) is 0.360. The van der Waals surface area contributed by atoms with Gasteiger partial charge in [-0.15, -0.1) is 0 Å². The Hall–Kier alpha value is -3.95. The predicted octanol–water partition coefficient (Wildman–Crippen LogP) is 0.112. The Bertz CT molecular complexity index is 1370. The molecule has 152 valence electrons. The molecule has 1 saturated carbocycles. The molecule has 10 heteroatoms. The first kappa shape index (κ1) is 18.1. The highest BCUT2D eigenvalue weighted by Gasteiger charge is 2.20. The van der Waals surface area contributed by atoms with Crippen LogP contribution >= 0.6 is 0 Å². The number of aromatic amines is 2. The smallest absolute Gasteiger partial charge is 0.326 e. The van der Waals surface area contributed by atoms with Crippen LogP contribution in [-0.4, -0.2) is 47.2 Å². The molecule has 0 bridgehead atoms. The summed E-state index contributed by atoms with van der Waals surface area (Å²) < 4.78 is 1.68. The standard InChI is InChI=1S/C20H20N8O2/c29-19-15(25-20(30)27-19)9-12-11-23-28-17(24-14-4-5-14)10-16(26-18(12)28)22-8-6-13-3-1-2-7-21-13/h1-3,7,9-11,14,22,29H,4-6,8H2,(H2,25,27,30)/b12-9-,24-17?. The molecule has 0 spiro atoms. The van der Waals surface area contributed by atoms with Crippen molar-refractivity contribution in [3.8, 4) is 5.88 Å². The van der Waals surface area contributed by atoms with E-state index in [1.54, 1.807) is 23.0 Å². The van der Waals surface area contributed by atoms with Crippen LogP contribution in [0.3, 0.4) is 0 Å². The predicted molar refractivity (Wildman–Crippen MR) is 110 cm³/mol. The average Bonchev–Trinajstić information content (AvgIpc) is 3.37. The Morgan fingerprint density at radius 1 is 1.33 bits per heavy atom. The zero-order valence-electron chi connectivity index (χ0n) is 16.0. The molecule has 1 aliphatic rings. The molecule has 4 aromatic rings. The molecule has 0 radical (unpaired) electrons. The summed E-state index contributed by atoms with van der Waals surface area (Å²) >= 11 is 0. The van der Waals surface area contributed by atoms with E-state index >= 15 is 0 Å². The molecule has 4 N–H and O–H groups in total. The van der Waals surface area contributed by atoms with E-state index in [0.29, 0.717) is 34.8 Å². The van der Waals surface area contributed by atoms with Crippen LogP contribution in [0.25, 0.3) is 11.7 Å². The summed E-state index contributed by atoms with van der Waals surface area (Å²) in [6.45, 7) is 0.669. The number of pyridine rings is 1. The Morgan fingerprint density at radius 2 is 2.23 bits per heavy atom. The van der Waals surface area contributed by atoms with E-state index in [4.69, 9.17) is 4.99 Å². The van der Waals surface area contributed by atoms with Gasteiger partial charge in [0.25, 0.3) is 0 Å². The molecular formula is C20H20N8O2. The maximum absolute atomic E-state index is 11.4. The van der Waals surface area contributed by atoms with Crippen molar-refractivity contribution >= 4 is 17.5 Å². The van der Waals surface area contributed by atoms with Crippen molar-refractivity contribution in [2.24, 2.45) is 4.99 Å². The SMILES string of the molecule is O=c1[nH]c(O)c(/C=c2/cnn3c(=NC4CC4)cc(NCCc4ccccn4)nc23)[nH]1. The fraction of sp³-hybridized carbons (Fsp3) is 0.250. The molecular weight excluding hydrogens is 384 g/mol. The normalized spacial score (nSPS) is 15.2. The van der Waals surface area contributed by atoms with Gasteiger partial charge < -0.3 is 15.4 Å². The Morgan fingerprint density at radius 3 is 2.97 bits per heavy atom. The topological polar surface area (TPSA) is 136 Å². The molecule has 4 aromatic heterocycles. The number of rotatable bonds is 6. The minimum atomic E-state index is -0.482. The van der Waals surface area contributed by atoms with Gasteiger partial charge in [0, 0.05) is 36.1 Å². The second kappa shape index (κ2) is 7.47. The summed E-state index contributed by atoms with van der Waals surface area (Å²) in [6, 6.07) is 8.05. The number of anilines is 1. The lowest BCUT2D eigenvalue weighted by atomic mass is 10.3. The summed E-state index contributed by atoms with van der Waals surface area (Å²) in [5, 5.41) is 18.3. The molecule has 0 amide bonds. The van der Waals surface area contributed by atoms with Crippen molar-refractivity contribution in [2.75, 3.05) is 11.9 Å². The van der Waals surface area contributed by atoms with E-state index in [0.717, 1.165) is 25.0 Å². The molecule has 30 heavy (non-hydrogen) atoms. The third-order valence-electron chi connectivity index (χ3n) is 4.79. The minimum Gasteiger partial charge on any atom is -0.493 e. The van der Waals surface area contributed by atoms with Gasteiger partial charge in [0.05, 0.1) is 12.2 Å². The van der Waals surface area contributed by atoms with E-state index in [1.165, 1.54) is 0 Å². The van der Waals surface area contributed by atoms with E-state index < -0.39 is 5.69 Å². The number of H-pyrrole nitrogens is 2. The van der Waals surface area contributed by atoms with E-state index in [1.807, 2.05) is 24.3 Å². The lowest BCUT2D eigenvalue weighted by molar-refractivity contribution is 0.454. The first-order valence-electron chi connectivity index (χ1n) is 9.75. The molecule has 5 rings (SSSR count). The number of imidazole rings is 1. The van der Waals surface area contributed by atoms with Gasteiger partial charge in [-0.2, -0.15) is 9.61 Å². The zero-order valence-corrected chi connectivity index (χ0v) is 16.0. The number of aromatic hydroxyl groups is 1. The van der Waals surface area contributed by atoms with Crippen molar-refractivity contribution in [1.82, 2.24) is 29.5 Å². The number of fused-ring (bicyclic) bond motifs is 1. The lowest BCUT2D eigenvalue weighted by Gasteiger charge is -2.06. The van der Waals surface area contributed by atoms with Crippen molar-refractivity contribution in [2.45, 2.75) is 25.3 Å². The van der Waals surface area contributed by atoms with Gasteiger partial charge in [-0.25, -0.2) is 9.78 Å². The van der Waals surface area contributed by atoms with Crippen LogP contribution in [0.1, 0.15) is 24.2 Å². The minimum absolute atomic E-state index is 0.230. The van der Waals surface area contributed by atoms with Crippen molar-refractivity contribution in [3.63, 3.8) is 0 Å². The van der Waals surface area contributed by atoms with Gasteiger partial charge in [-0.3, -0.25) is 15.0 Å². The molecule has 0 aliphatic heterocycles. The van der Waals surface area contributed by atoms with Gasteiger partial charge in [-0.1, -0.05) is 6.07 Å². The van der Waals surface area contributed by atoms with Crippen LogP contribution in [-0.2, 0) is 6.42 Å². The monoisotopic (exact) mass is 404 g/mol. The number of aromatic nitrogens is 6. The molecule has 1 aliphatic carbocycles. The summed E-state index contributed by atoms with van der Waals surface area (Å²) in [5.41, 5.74) is 2.09.